The fraction of sp³-hybridized carbons (Fsp3) is 0.432. The molecule has 1 atom stereocenters. The molecule has 49 heavy (non-hydrogen) atoms. The average molecular weight is 679 g/mol. The highest BCUT2D eigenvalue weighted by atomic mass is 19.1. The summed E-state index contributed by atoms with van der Waals surface area (Å²) in [6.07, 6.45) is 11.9. The van der Waals surface area contributed by atoms with Crippen molar-refractivity contribution in [3.05, 3.63) is 71.6 Å². The number of rotatable bonds is 15. The van der Waals surface area contributed by atoms with Crippen LogP contribution in [0, 0.1) is 5.82 Å². The first-order chi connectivity index (χ1) is 24.0. The molecule has 11 nitrogen and oxygen atoms in total. The number of allylic oxidation sites excluding steroid dienone is 1. The first kappa shape index (κ1) is 37.5. The van der Waals surface area contributed by atoms with E-state index in [9.17, 15) is 9.59 Å². The van der Waals surface area contributed by atoms with Gasteiger partial charge >= 0.3 is 0 Å². The first-order valence-corrected chi connectivity index (χ1v) is 16.7. The van der Waals surface area contributed by atoms with Crippen molar-refractivity contribution in [1.29, 1.82) is 0 Å². The molecular formula is C37H47FN4O7. The van der Waals surface area contributed by atoms with Gasteiger partial charge in [0.15, 0.2) is 23.1 Å². The number of fused-ring (bicyclic) bond motifs is 1. The Kier molecular flexibility index (Phi) is 15.0. The number of amides is 2. The fourth-order valence-corrected chi connectivity index (χ4v) is 5.39. The van der Waals surface area contributed by atoms with Gasteiger partial charge in [-0.3, -0.25) is 24.4 Å². The number of nitrogens with zero attached hydrogens (tertiary/aromatic N) is 3. The lowest BCUT2D eigenvalue weighted by Gasteiger charge is -2.26. The maximum Gasteiger partial charge on any atom is 0.247 e. The van der Waals surface area contributed by atoms with Crippen molar-refractivity contribution in [3.63, 3.8) is 0 Å². The summed E-state index contributed by atoms with van der Waals surface area (Å²) in [4.78, 5) is 32.4. The second kappa shape index (κ2) is 19.6. The van der Waals surface area contributed by atoms with Gasteiger partial charge < -0.3 is 29.0 Å². The summed E-state index contributed by atoms with van der Waals surface area (Å²) in [5, 5.41) is 3.04. The van der Waals surface area contributed by atoms with Crippen LogP contribution in [0.3, 0.4) is 0 Å². The molecule has 0 aromatic heterocycles. The molecule has 2 heterocycles. The number of aliphatic imine (C=N–C) groups is 1. The predicted molar refractivity (Wildman–Crippen MR) is 189 cm³/mol. The summed E-state index contributed by atoms with van der Waals surface area (Å²) in [5.41, 5.74) is 2.30. The number of carbonyl (C=O) groups is 2. The van der Waals surface area contributed by atoms with Gasteiger partial charge in [-0.15, -0.1) is 0 Å². The van der Waals surface area contributed by atoms with Crippen molar-refractivity contribution in [2.75, 3.05) is 71.7 Å². The van der Waals surface area contributed by atoms with Crippen molar-refractivity contribution in [2.45, 2.75) is 39.2 Å². The van der Waals surface area contributed by atoms with Crippen molar-refractivity contribution < 1.29 is 37.7 Å². The van der Waals surface area contributed by atoms with E-state index in [4.69, 9.17) is 23.7 Å². The number of carbonyl (C=O) groups excluding carboxylic acids is 2. The largest absolute Gasteiger partial charge is 0.493 e. The number of hydrogen-bond acceptors (Lipinski definition) is 10. The molecule has 264 valence electrons. The van der Waals surface area contributed by atoms with E-state index in [1.165, 1.54) is 12.1 Å². The molecule has 3 aliphatic rings. The quantitative estimate of drug-likeness (QED) is 0.194. The van der Waals surface area contributed by atoms with Gasteiger partial charge in [-0.2, -0.15) is 0 Å². The number of methoxy groups -OCH3 is 2. The Morgan fingerprint density at radius 3 is 2.63 bits per heavy atom. The summed E-state index contributed by atoms with van der Waals surface area (Å²) >= 11 is 0. The predicted octanol–water partition coefficient (Wildman–Crippen LogP) is 5.47. The molecule has 2 aromatic rings. The molecule has 1 saturated heterocycles. The van der Waals surface area contributed by atoms with E-state index in [2.05, 4.69) is 15.2 Å². The first-order valence-electron chi connectivity index (χ1n) is 16.7. The third kappa shape index (κ3) is 10.6. The third-order valence-electron chi connectivity index (χ3n) is 8.00. The molecule has 12 heteroatoms. The number of hydrogen-bond donors (Lipinski definition) is 1. The SMILES string of the molecule is CC.COc1cc2c(cc1OCCCN1CCOCC1)N=CCC=C2Oc1ccc(N(C=O)C(=O)CNCC2=CCC(OC)C=C2)cc1F. The Labute approximate surface area is 288 Å². The zero-order valence-corrected chi connectivity index (χ0v) is 28.8. The molecule has 0 bridgehead atoms. The summed E-state index contributed by atoms with van der Waals surface area (Å²) in [6, 6.07) is 7.51. The van der Waals surface area contributed by atoms with Crippen molar-refractivity contribution >= 4 is 35.7 Å². The fourth-order valence-electron chi connectivity index (χ4n) is 5.39. The molecule has 1 fully saturated rings. The Morgan fingerprint density at radius 2 is 1.94 bits per heavy atom. The second-order valence-electron chi connectivity index (χ2n) is 11.1. The summed E-state index contributed by atoms with van der Waals surface area (Å²) in [6.45, 7) is 9.12. The standard InChI is InChI=1S/C35H41FN4O7.C2H6/c1-43-27-9-6-25(7-10-27)22-37-23-35(42)40(24-41)26-8-11-32(29(36)19-26)47-31-5-3-12-38-30-21-34(33(44-2)20-28(30)31)46-16-4-13-39-14-17-45-18-15-39;1-2/h5-9,11-12,19-21,24,27,37H,3-4,10,13-18,22-23H2,1-2H3;1-2H3. The van der Waals surface area contributed by atoms with E-state index in [1.54, 1.807) is 38.6 Å². The van der Waals surface area contributed by atoms with Crippen molar-refractivity contribution in [2.24, 2.45) is 4.99 Å². The van der Waals surface area contributed by atoms with Crippen LogP contribution in [-0.2, 0) is 19.1 Å². The molecule has 2 aromatic carbocycles. The monoisotopic (exact) mass is 678 g/mol. The third-order valence-corrected chi connectivity index (χ3v) is 8.00. The highest BCUT2D eigenvalue weighted by molar-refractivity contribution is 6.07. The van der Waals surface area contributed by atoms with Crippen LogP contribution in [0.4, 0.5) is 15.8 Å². The number of halogens is 1. The average Bonchev–Trinajstić information content (AvgIpc) is 3.33. The molecule has 1 N–H and O–H groups in total. The van der Waals surface area contributed by atoms with Crippen LogP contribution in [-0.4, -0.2) is 96.3 Å². The van der Waals surface area contributed by atoms with E-state index in [0.29, 0.717) is 54.5 Å². The van der Waals surface area contributed by atoms with Crippen molar-refractivity contribution in [1.82, 2.24) is 10.2 Å². The van der Waals surface area contributed by atoms with Crippen LogP contribution in [0.15, 0.2) is 65.2 Å². The zero-order valence-electron chi connectivity index (χ0n) is 28.8. The summed E-state index contributed by atoms with van der Waals surface area (Å²) < 4.78 is 43.8. The smallest absolute Gasteiger partial charge is 0.247 e. The molecular weight excluding hydrogens is 631 g/mol. The van der Waals surface area contributed by atoms with E-state index in [0.717, 1.165) is 62.2 Å². The van der Waals surface area contributed by atoms with Crippen LogP contribution in [0.2, 0.25) is 0 Å². The number of benzene rings is 2. The number of ether oxygens (including phenoxy) is 5. The maximum atomic E-state index is 15.4. The van der Waals surface area contributed by atoms with Gasteiger partial charge in [-0.25, -0.2) is 4.39 Å². The van der Waals surface area contributed by atoms with Crippen LogP contribution in [0.5, 0.6) is 17.2 Å². The number of anilines is 1. The lowest BCUT2D eigenvalue weighted by Crippen LogP contribution is -2.38. The molecule has 5 rings (SSSR count). The van der Waals surface area contributed by atoms with Crippen LogP contribution in [0.25, 0.3) is 5.76 Å². The highest BCUT2D eigenvalue weighted by Gasteiger charge is 2.21. The van der Waals surface area contributed by atoms with Gasteiger partial charge in [0.25, 0.3) is 0 Å². The Bertz CT molecular complexity index is 1530. The van der Waals surface area contributed by atoms with Gasteiger partial charge in [0.1, 0.15) is 5.76 Å². The van der Waals surface area contributed by atoms with Gasteiger partial charge in [0.2, 0.25) is 12.3 Å². The Hall–Kier alpha value is -4.36. The van der Waals surface area contributed by atoms with Gasteiger partial charge in [0, 0.05) is 63.6 Å². The molecule has 0 radical (unpaired) electrons. The summed E-state index contributed by atoms with van der Waals surface area (Å²) in [5.74, 6) is 0.115. The van der Waals surface area contributed by atoms with E-state index in [1.807, 2.05) is 32.1 Å². The van der Waals surface area contributed by atoms with Gasteiger partial charge in [-0.1, -0.05) is 32.1 Å². The van der Waals surface area contributed by atoms with E-state index in [-0.39, 0.29) is 24.1 Å². The van der Waals surface area contributed by atoms with Crippen molar-refractivity contribution in [3.8, 4) is 17.2 Å². The minimum Gasteiger partial charge on any atom is -0.493 e. The Balaban J connectivity index is 0.00000265. The summed E-state index contributed by atoms with van der Waals surface area (Å²) in [7, 11) is 3.21. The molecule has 2 aliphatic heterocycles. The zero-order chi connectivity index (χ0) is 35.0. The Morgan fingerprint density at radius 1 is 1.12 bits per heavy atom. The molecule has 0 saturated carbocycles. The molecule has 1 unspecified atom stereocenters. The number of imide groups is 1. The van der Waals surface area contributed by atoms with Crippen LogP contribution >= 0.6 is 0 Å². The molecule has 2 amide bonds. The lowest BCUT2D eigenvalue weighted by atomic mass is 10.1. The van der Waals surface area contributed by atoms with E-state index >= 15 is 4.39 Å². The maximum absolute atomic E-state index is 15.4. The minimum atomic E-state index is -0.736. The second-order valence-corrected chi connectivity index (χ2v) is 11.1. The van der Waals surface area contributed by atoms with Crippen LogP contribution in [0.1, 0.15) is 38.7 Å². The lowest BCUT2D eigenvalue weighted by molar-refractivity contribution is -0.121. The minimum absolute atomic E-state index is 0.0472. The van der Waals surface area contributed by atoms with Gasteiger partial charge in [-0.05, 0) is 42.7 Å². The number of morpholine rings is 1. The van der Waals surface area contributed by atoms with E-state index < -0.39 is 11.7 Å². The number of nitrogens with one attached hydrogen (secondary N) is 1. The van der Waals surface area contributed by atoms with Gasteiger partial charge in [0.05, 0.1) is 51.0 Å². The normalized spacial score (nSPS) is 17.0. The van der Waals surface area contributed by atoms with Crippen LogP contribution < -0.4 is 24.4 Å². The molecule has 1 aliphatic carbocycles. The molecule has 0 spiro atoms. The highest BCUT2D eigenvalue weighted by Crippen LogP contribution is 2.40. The topological polar surface area (TPSA) is 111 Å².